The van der Waals surface area contributed by atoms with Gasteiger partial charge in [-0.3, -0.25) is 10.1 Å². The Labute approximate surface area is 84.4 Å². The second kappa shape index (κ2) is 3.98. The second-order valence-electron chi connectivity index (χ2n) is 4.28. The molecule has 1 fully saturated rings. The van der Waals surface area contributed by atoms with E-state index in [1.165, 1.54) is 0 Å². The van der Waals surface area contributed by atoms with E-state index in [0.717, 1.165) is 12.8 Å². The first kappa shape index (κ1) is 11.0. The molecule has 1 unspecified atom stereocenters. The second-order valence-corrected chi connectivity index (χ2v) is 4.28. The molecule has 1 rings (SSSR count). The van der Waals surface area contributed by atoms with E-state index in [1.807, 2.05) is 6.92 Å². The lowest BCUT2D eigenvalue weighted by Gasteiger charge is -2.24. The minimum absolute atomic E-state index is 0.175. The van der Waals surface area contributed by atoms with Gasteiger partial charge in [0.2, 0.25) is 0 Å². The van der Waals surface area contributed by atoms with Crippen molar-refractivity contribution in [3.8, 4) is 0 Å². The molecule has 0 aromatic heterocycles. The minimum atomic E-state index is -0.651. The number of carbonyl (C=O) groups is 2. The van der Waals surface area contributed by atoms with Gasteiger partial charge in [-0.2, -0.15) is 0 Å². The maximum absolute atomic E-state index is 11.6. The standard InChI is InChI=1S/C10H18N2O2/c1-4-10(6-5-7(2)3)8(13)11-9(14)12-10/h7H,4-6H2,1-3H3,(H2,11,12,13,14). The van der Waals surface area contributed by atoms with Crippen LogP contribution in [0, 0.1) is 5.92 Å². The van der Waals surface area contributed by atoms with Gasteiger partial charge in [-0.05, 0) is 25.2 Å². The van der Waals surface area contributed by atoms with Crippen LogP contribution in [0.25, 0.3) is 0 Å². The number of urea groups is 1. The molecule has 80 valence electrons. The average molecular weight is 198 g/mol. The summed E-state index contributed by atoms with van der Waals surface area (Å²) in [6.07, 6.45) is 2.32. The zero-order valence-electron chi connectivity index (χ0n) is 9.02. The molecule has 3 amide bonds. The molecule has 0 radical (unpaired) electrons. The van der Waals surface area contributed by atoms with Crippen LogP contribution >= 0.6 is 0 Å². The molecule has 0 aromatic rings. The molecular weight excluding hydrogens is 180 g/mol. The maximum atomic E-state index is 11.6. The van der Waals surface area contributed by atoms with Crippen LogP contribution in [-0.4, -0.2) is 17.5 Å². The van der Waals surface area contributed by atoms with E-state index < -0.39 is 5.54 Å². The zero-order chi connectivity index (χ0) is 10.8. The molecule has 1 heterocycles. The SMILES string of the molecule is CCC1(CCC(C)C)NC(=O)NC1=O. The van der Waals surface area contributed by atoms with Crippen LogP contribution in [0.2, 0.25) is 0 Å². The van der Waals surface area contributed by atoms with Crippen molar-refractivity contribution in [2.45, 2.75) is 45.6 Å². The van der Waals surface area contributed by atoms with Gasteiger partial charge in [0, 0.05) is 0 Å². The summed E-state index contributed by atoms with van der Waals surface area (Å²) in [5, 5.41) is 5.02. The predicted octanol–water partition coefficient (Wildman–Crippen LogP) is 1.41. The van der Waals surface area contributed by atoms with Crippen LogP contribution in [0.1, 0.15) is 40.0 Å². The Hall–Kier alpha value is -1.06. The van der Waals surface area contributed by atoms with Crippen molar-refractivity contribution in [2.24, 2.45) is 5.92 Å². The van der Waals surface area contributed by atoms with E-state index in [1.54, 1.807) is 0 Å². The Balaban J connectivity index is 2.66. The Morgan fingerprint density at radius 2 is 2.00 bits per heavy atom. The lowest BCUT2D eigenvalue weighted by Crippen LogP contribution is -2.46. The van der Waals surface area contributed by atoms with E-state index in [-0.39, 0.29) is 11.9 Å². The zero-order valence-corrected chi connectivity index (χ0v) is 9.02. The number of imide groups is 1. The highest BCUT2D eigenvalue weighted by Crippen LogP contribution is 2.23. The van der Waals surface area contributed by atoms with Gasteiger partial charge < -0.3 is 5.32 Å². The molecular formula is C10H18N2O2. The van der Waals surface area contributed by atoms with Crippen molar-refractivity contribution in [1.82, 2.24) is 10.6 Å². The van der Waals surface area contributed by atoms with Crippen molar-refractivity contribution in [2.75, 3.05) is 0 Å². The summed E-state index contributed by atoms with van der Waals surface area (Å²) in [7, 11) is 0. The number of nitrogens with one attached hydrogen (secondary N) is 2. The third kappa shape index (κ3) is 2.05. The van der Waals surface area contributed by atoms with Crippen LogP contribution in [0.5, 0.6) is 0 Å². The molecule has 0 bridgehead atoms. The van der Waals surface area contributed by atoms with Gasteiger partial charge in [-0.25, -0.2) is 4.79 Å². The summed E-state index contributed by atoms with van der Waals surface area (Å²) < 4.78 is 0. The topological polar surface area (TPSA) is 58.2 Å². The highest BCUT2D eigenvalue weighted by Gasteiger charge is 2.43. The van der Waals surface area contributed by atoms with Gasteiger partial charge in [0.15, 0.2) is 0 Å². The third-order valence-electron chi connectivity index (χ3n) is 2.77. The predicted molar refractivity (Wildman–Crippen MR) is 53.8 cm³/mol. The van der Waals surface area contributed by atoms with Crippen LogP contribution in [0.4, 0.5) is 4.79 Å². The van der Waals surface area contributed by atoms with E-state index in [2.05, 4.69) is 24.5 Å². The van der Waals surface area contributed by atoms with Crippen molar-refractivity contribution in [1.29, 1.82) is 0 Å². The largest absolute Gasteiger partial charge is 0.323 e. The van der Waals surface area contributed by atoms with Gasteiger partial charge in [-0.15, -0.1) is 0 Å². The maximum Gasteiger partial charge on any atom is 0.322 e. The molecule has 0 spiro atoms. The Bertz CT molecular complexity index is 251. The molecule has 1 atom stereocenters. The van der Waals surface area contributed by atoms with E-state index in [4.69, 9.17) is 0 Å². The number of rotatable bonds is 4. The molecule has 0 aliphatic carbocycles. The van der Waals surface area contributed by atoms with Gasteiger partial charge in [-0.1, -0.05) is 20.8 Å². The van der Waals surface area contributed by atoms with E-state index in [0.29, 0.717) is 12.3 Å². The van der Waals surface area contributed by atoms with Gasteiger partial charge in [0.25, 0.3) is 5.91 Å². The smallest absolute Gasteiger partial charge is 0.322 e. The number of carbonyl (C=O) groups excluding carboxylic acids is 2. The third-order valence-corrected chi connectivity index (χ3v) is 2.77. The molecule has 1 aliphatic rings. The molecule has 0 aromatic carbocycles. The molecule has 14 heavy (non-hydrogen) atoms. The molecule has 4 nitrogen and oxygen atoms in total. The Kier molecular flexibility index (Phi) is 3.13. The fraction of sp³-hybridized carbons (Fsp3) is 0.800. The first-order valence-electron chi connectivity index (χ1n) is 5.14. The first-order valence-corrected chi connectivity index (χ1v) is 5.14. The van der Waals surface area contributed by atoms with Crippen molar-refractivity contribution in [3.05, 3.63) is 0 Å². The van der Waals surface area contributed by atoms with Crippen LogP contribution < -0.4 is 10.6 Å². The fourth-order valence-electron chi connectivity index (χ4n) is 1.66. The Morgan fingerprint density at radius 1 is 1.36 bits per heavy atom. The Morgan fingerprint density at radius 3 is 2.36 bits per heavy atom. The molecule has 1 saturated heterocycles. The van der Waals surface area contributed by atoms with Crippen molar-refractivity contribution >= 4 is 11.9 Å². The van der Waals surface area contributed by atoms with E-state index >= 15 is 0 Å². The van der Waals surface area contributed by atoms with Crippen molar-refractivity contribution < 1.29 is 9.59 Å². The summed E-state index contributed by atoms with van der Waals surface area (Å²) >= 11 is 0. The van der Waals surface area contributed by atoms with Crippen LogP contribution in [0.15, 0.2) is 0 Å². The van der Waals surface area contributed by atoms with Crippen LogP contribution in [0.3, 0.4) is 0 Å². The summed E-state index contributed by atoms with van der Waals surface area (Å²) in [6, 6.07) is -0.361. The summed E-state index contributed by atoms with van der Waals surface area (Å²) in [5.41, 5.74) is -0.651. The number of hydrogen-bond acceptors (Lipinski definition) is 2. The molecule has 2 N–H and O–H groups in total. The quantitative estimate of drug-likeness (QED) is 0.671. The highest BCUT2D eigenvalue weighted by molar-refractivity contribution is 6.06. The summed E-state index contributed by atoms with van der Waals surface area (Å²) in [5.74, 6) is 0.370. The molecule has 4 heteroatoms. The monoisotopic (exact) mass is 198 g/mol. The number of hydrogen-bond donors (Lipinski definition) is 2. The van der Waals surface area contributed by atoms with Gasteiger partial charge >= 0.3 is 6.03 Å². The first-order chi connectivity index (χ1) is 6.50. The van der Waals surface area contributed by atoms with E-state index in [9.17, 15) is 9.59 Å². The number of amides is 3. The fourth-order valence-corrected chi connectivity index (χ4v) is 1.66. The van der Waals surface area contributed by atoms with Crippen LogP contribution in [-0.2, 0) is 4.79 Å². The normalized spacial score (nSPS) is 26.6. The highest BCUT2D eigenvalue weighted by atomic mass is 16.2. The molecule has 1 aliphatic heterocycles. The summed E-state index contributed by atoms with van der Waals surface area (Å²) in [4.78, 5) is 22.6. The van der Waals surface area contributed by atoms with Gasteiger partial charge in [0.1, 0.15) is 5.54 Å². The molecule has 0 saturated carbocycles. The summed E-state index contributed by atoms with van der Waals surface area (Å²) in [6.45, 7) is 6.14. The lowest BCUT2D eigenvalue weighted by atomic mass is 9.88. The average Bonchev–Trinajstić information content (AvgIpc) is 2.38. The lowest BCUT2D eigenvalue weighted by molar-refractivity contribution is -0.124. The van der Waals surface area contributed by atoms with Crippen molar-refractivity contribution in [3.63, 3.8) is 0 Å². The van der Waals surface area contributed by atoms with Gasteiger partial charge in [0.05, 0.1) is 0 Å². The minimum Gasteiger partial charge on any atom is -0.323 e.